The number of ether oxygens (including phenoxy) is 1. The Hall–Kier alpha value is -1.69. The third kappa shape index (κ3) is 3.25. The van der Waals surface area contributed by atoms with Crippen LogP contribution < -0.4 is 11.1 Å². The van der Waals surface area contributed by atoms with Gasteiger partial charge in [0.15, 0.2) is 11.5 Å². The number of anilines is 1. The zero-order chi connectivity index (χ0) is 14.8. The Kier molecular flexibility index (Phi) is 4.23. The van der Waals surface area contributed by atoms with Gasteiger partial charge in [-0.2, -0.15) is 0 Å². The number of hydrogen-bond donors (Lipinski definition) is 2. The topological polar surface area (TPSA) is 90.1 Å². The average Bonchev–Trinajstić information content (AvgIpc) is 2.84. The number of hydrogen-bond acceptors (Lipinski definition) is 5. The van der Waals surface area contributed by atoms with E-state index in [1.165, 1.54) is 12.4 Å². The summed E-state index contributed by atoms with van der Waals surface area (Å²) in [6.45, 7) is 7.77. The molecule has 1 aromatic heterocycles. The van der Waals surface area contributed by atoms with Crippen molar-refractivity contribution in [1.29, 1.82) is 0 Å². The quantitative estimate of drug-likeness (QED) is 0.868. The number of nitrogens with one attached hydrogen (secondary N) is 1. The van der Waals surface area contributed by atoms with Gasteiger partial charge in [0.25, 0.3) is 5.91 Å². The Balaban J connectivity index is 1.95. The van der Waals surface area contributed by atoms with Crippen LogP contribution in [0.1, 0.15) is 37.7 Å². The monoisotopic (exact) mass is 278 g/mol. The highest BCUT2D eigenvalue weighted by Crippen LogP contribution is 2.34. The van der Waals surface area contributed by atoms with E-state index in [4.69, 9.17) is 10.5 Å². The van der Waals surface area contributed by atoms with E-state index in [9.17, 15) is 4.79 Å². The molecule has 1 aliphatic heterocycles. The minimum Gasteiger partial charge on any atom is -0.382 e. The second-order valence-corrected chi connectivity index (χ2v) is 6.21. The van der Waals surface area contributed by atoms with Crippen LogP contribution in [-0.4, -0.2) is 35.1 Å². The molecule has 2 heterocycles. The lowest BCUT2D eigenvalue weighted by atomic mass is 9.81. The second kappa shape index (κ2) is 5.75. The molecule has 0 unspecified atom stereocenters. The SMILES string of the molecule is CC(C)(C)[C@H]1OCC[C@@H]1CNC(=O)c1nccnc1N. The maximum atomic E-state index is 12.0. The maximum absolute atomic E-state index is 12.0. The molecule has 1 aromatic rings. The summed E-state index contributed by atoms with van der Waals surface area (Å²) >= 11 is 0. The predicted molar refractivity (Wildman–Crippen MR) is 76.1 cm³/mol. The normalized spacial score (nSPS) is 22.8. The van der Waals surface area contributed by atoms with E-state index in [-0.39, 0.29) is 28.9 Å². The van der Waals surface area contributed by atoms with Gasteiger partial charge in [-0.05, 0) is 11.8 Å². The van der Waals surface area contributed by atoms with Crippen LogP contribution in [0.15, 0.2) is 12.4 Å². The van der Waals surface area contributed by atoms with E-state index in [0.717, 1.165) is 13.0 Å². The van der Waals surface area contributed by atoms with Crippen molar-refractivity contribution >= 4 is 11.7 Å². The molecule has 1 saturated heterocycles. The summed E-state index contributed by atoms with van der Waals surface area (Å²) in [4.78, 5) is 19.9. The standard InChI is InChI=1S/C14H22N4O2/c1-14(2,3)11-9(4-7-20-11)8-18-13(19)10-12(15)17-6-5-16-10/h5-6,9,11H,4,7-8H2,1-3H3,(H2,15,17)(H,18,19)/t9-,11+/m1/s1. The number of carbonyl (C=O) groups is 1. The molecule has 6 nitrogen and oxygen atoms in total. The number of nitrogens with two attached hydrogens (primary N) is 1. The van der Waals surface area contributed by atoms with Crippen molar-refractivity contribution in [2.24, 2.45) is 11.3 Å². The Morgan fingerprint density at radius 2 is 2.15 bits per heavy atom. The molecule has 0 spiro atoms. The lowest BCUT2D eigenvalue weighted by Gasteiger charge is -2.31. The molecule has 1 aliphatic rings. The van der Waals surface area contributed by atoms with Gasteiger partial charge < -0.3 is 15.8 Å². The summed E-state index contributed by atoms with van der Waals surface area (Å²) in [5.41, 5.74) is 5.89. The van der Waals surface area contributed by atoms with Crippen LogP contribution in [0.3, 0.4) is 0 Å². The van der Waals surface area contributed by atoms with E-state index >= 15 is 0 Å². The van der Waals surface area contributed by atoms with Gasteiger partial charge in [0.05, 0.1) is 6.10 Å². The van der Waals surface area contributed by atoms with Crippen LogP contribution in [-0.2, 0) is 4.74 Å². The molecule has 110 valence electrons. The average molecular weight is 278 g/mol. The summed E-state index contributed by atoms with van der Waals surface area (Å²) < 4.78 is 5.79. The fraction of sp³-hybridized carbons (Fsp3) is 0.643. The minimum atomic E-state index is -0.282. The summed E-state index contributed by atoms with van der Waals surface area (Å²) in [5, 5.41) is 2.88. The van der Waals surface area contributed by atoms with Crippen molar-refractivity contribution in [2.75, 3.05) is 18.9 Å². The first kappa shape index (κ1) is 14.7. The van der Waals surface area contributed by atoms with Crippen molar-refractivity contribution in [3.05, 3.63) is 18.1 Å². The summed E-state index contributed by atoms with van der Waals surface area (Å²) in [5.74, 6) is 0.187. The number of nitrogens with zero attached hydrogens (tertiary/aromatic N) is 2. The molecule has 20 heavy (non-hydrogen) atoms. The van der Waals surface area contributed by atoms with Crippen molar-refractivity contribution < 1.29 is 9.53 Å². The summed E-state index contributed by atoms with van der Waals surface area (Å²) in [6, 6.07) is 0. The Morgan fingerprint density at radius 3 is 2.80 bits per heavy atom. The van der Waals surface area contributed by atoms with Crippen LogP contribution in [0.4, 0.5) is 5.82 Å². The molecule has 0 aliphatic carbocycles. The third-order valence-corrected chi connectivity index (χ3v) is 3.53. The van der Waals surface area contributed by atoms with Crippen LogP contribution in [0.2, 0.25) is 0 Å². The van der Waals surface area contributed by atoms with Gasteiger partial charge in [-0.1, -0.05) is 20.8 Å². The number of rotatable bonds is 3. The van der Waals surface area contributed by atoms with Gasteiger partial charge in [-0.3, -0.25) is 4.79 Å². The van der Waals surface area contributed by atoms with Crippen molar-refractivity contribution in [3.8, 4) is 0 Å². The minimum absolute atomic E-state index is 0.0669. The lowest BCUT2D eigenvalue weighted by Crippen LogP contribution is -2.39. The largest absolute Gasteiger partial charge is 0.382 e. The number of amides is 1. The summed E-state index contributed by atoms with van der Waals surface area (Å²) in [6.07, 6.45) is 4.04. The predicted octanol–water partition coefficient (Wildman–Crippen LogP) is 1.24. The van der Waals surface area contributed by atoms with E-state index in [1.807, 2.05) is 0 Å². The van der Waals surface area contributed by atoms with Crippen LogP contribution in [0.25, 0.3) is 0 Å². The van der Waals surface area contributed by atoms with Crippen molar-refractivity contribution in [2.45, 2.75) is 33.3 Å². The van der Waals surface area contributed by atoms with Crippen molar-refractivity contribution in [1.82, 2.24) is 15.3 Å². The van der Waals surface area contributed by atoms with E-state index in [0.29, 0.717) is 12.5 Å². The molecule has 1 amide bonds. The highest BCUT2D eigenvalue weighted by Gasteiger charge is 2.37. The fourth-order valence-electron chi connectivity index (χ4n) is 2.63. The van der Waals surface area contributed by atoms with E-state index in [1.54, 1.807) is 0 Å². The zero-order valence-corrected chi connectivity index (χ0v) is 12.2. The van der Waals surface area contributed by atoms with Crippen molar-refractivity contribution in [3.63, 3.8) is 0 Å². The number of aromatic nitrogens is 2. The highest BCUT2D eigenvalue weighted by atomic mass is 16.5. The molecule has 0 radical (unpaired) electrons. The number of nitrogen functional groups attached to an aromatic ring is 1. The molecule has 2 rings (SSSR count). The molecule has 0 aromatic carbocycles. The molecule has 0 saturated carbocycles. The molecular formula is C14H22N4O2. The first-order chi connectivity index (χ1) is 9.39. The Bertz CT molecular complexity index is 484. The molecule has 0 bridgehead atoms. The van der Waals surface area contributed by atoms with Gasteiger partial charge in [0.2, 0.25) is 0 Å². The Morgan fingerprint density at radius 1 is 1.45 bits per heavy atom. The molecule has 6 heteroatoms. The first-order valence-electron chi connectivity index (χ1n) is 6.86. The smallest absolute Gasteiger partial charge is 0.273 e. The Labute approximate surface area is 119 Å². The van der Waals surface area contributed by atoms with Gasteiger partial charge in [0.1, 0.15) is 0 Å². The number of carbonyl (C=O) groups excluding carboxylic acids is 1. The van der Waals surface area contributed by atoms with Crippen LogP contribution >= 0.6 is 0 Å². The van der Waals surface area contributed by atoms with Crippen LogP contribution in [0, 0.1) is 11.3 Å². The third-order valence-electron chi connectivity index (χ3n) is 3.53. The summed E-state index contributed by atoms with van der Waals surface area (Å²) in [7, 11) is 0. The highest BCUT2D eigenvalue weighted by molar-refractivity contribution is 5.96. The second-order valence-electron chi connectivity index (χ2n) is 6.21. The van der Waals surface area contributed by atoms with Gasteiger partial charge in [-0.15, -0.1) is 0 Å². The van der Waals surface area contributed by atoms with Gasteiger partial charge >= 0.3 is 0 Å². The van der Waals surface area contributed by atoms with Gasteiger partial charge in [0, 0.05) is 31.5 Å². The molecule has 1 fully saturated rings. The maximum Gasteiger partial charge on any atom is 0.273 e. The van der Waals surface area contributed by atoms with Crippen LogP contribution in [0.5, 0.6) is 0 Å². The van der Waals surface area contributed by atoms with E-state index in [2.05, 4.69) is 36.1 Å². The zero-order valence-electron chi connectivity index (χ0n) is 12.2. The fourth-order valence-corrected chi connectivity index (χ4v) is 2.63. The molecule has 2 atom stereocenters. The van der Waals surface area contributed by atoms with E-state index < -0.39 is 0 Å². The first-order valence-corrected chi connectivity index (χ1v) is 6.86. The molecule has 3 N–H and O–H groups in total. The van der Waals surface area contributed by atoms with Gasteiger partial charge in [-0.25, -0.2) is 9.97 Å². The molecular weight excluding hydrogens is 256 g/mol. The lowest BCUT2D eigenvalue weighted by molar-refractivity contribution is 0.00736.